The number of carbonyl (C=O) groups excluding carboxylic acids is 1. The van der Waals surface area contributed by atoms with Gasteiger partial charge in [0.2, 0.25) is 0 Å². The topological polar surface area (TPSA) is 62.5 Å². The third-order valence-corrected chi connectivity index (χ3v) is 3.26. The Hall–Kier alpha value is -1.30. The molecule has 0 aliphatic heterocycles. The lowest BCUT2D eigenvalue weighted by molar-refractivity contribution is 0.0915. The Morgan fingerprint density at radius 2 is 2.11 bits per heavy atom. The highest BCUT2D eigenvalue weighted by atomic mass is 79.9. The van der Waals surface area contributed by atoms with E-state index in [-0.39, 0.29) is 12.5 Å². The van der Waals surface area contributed by atoms with Crippen LogP contribution in [0.3, 0.4) is 0 Å². The maximum absolute atomic E-state index is 11.9. The van der Waals surface area contributed by atoms with Gasteiger partial charge in [0.25, 0.3) is 5.91 Å². The van der Waals surface area contributed by atoms with Crippen LogP contribution in [0.2, 0.25) is 5.02 Å². The molecule has 1 atom stereocenters. The van der Waals surface area contributed by atoms with Crippen LogP contribution < -0.4 is 5.32 Å². The number of hydrogen-bond donors (Lipinski definition) is 2. The number of rotatable bonds is 4. The van der Waals surface area contributed by atoms with E-state index in [1.807, 2.05) is 0 Å². The van der Waals surface area contributed by atoms with Gasteiger partial charge in [0.05, 0.1) is 18.2 Å². The smallest absolute Gasteiger partial charge is 0.255 e. The molecule has 2 aromatic rings. The second-order valence-corrected chi connectivity index (χ2v) is 5.12. The molecule has 0 fully saturated rings. The summed E-state index contributed by atoms with van der Waals surface area (Å²) >= 11 is 8.92. The van der Waals surface area contributed by atoms with Crippen LogP contribution in [-0.4, -0.2) is 17.6 Å². The van der Waals surface area contributed by atoms with Gasteiger partial charge in [-0.15, -0.1) is 0 Å². The molecule has 1 aromatic carbocycles. The number of carbonyl (C=O) groups is 1. The quantitative estimate of drug-likeness (QED) is 0.895. The molecule has 1 aromatic heterocycles. The van der Waals surface area contributed by atoms with Gasteiger partial charge in [-0.2, -0.15) is 0 Å². The second kappa shape index (κ2) is 6.23. The van der Waals surface area contributed by atoms with E-state index in [1.54, 1.807) is 30.3 Å². The van der Waals surface area contributed by atoms with Gasteiger partial charge >= 0.3 is 0 Å². The van der Waals surface area contributed by atoms with E-state index in [0.717, 1.165) is 5.56 Å². The van der Waals surface area contributed by atoms with Crippen LogP contribution in [0.25, 0.3) is 0 Å². The van der Waals surface area contributed by atoms with Crippen molar-refractivity contribution in [2.24, 2.45) is 0 Å². The van der Waals surface area contributed by atoms with Crippen molar-refractivity contribution < 1.29 is 14.3 Å². The van der Waals surface area contributed by atoms with Crippen LogP contribution >= 0.6 is 27.5 Å². The number of amides is 1. The molecule has 6 heteroatoms. The molecule has 1 amide bonds. The third-order valence-electron chi connectivity index (χ3n) is 2.59. The van der Waals surface area contributed by atoms with Crippen LogP contribution in [-0.2, 0) is 0 Å². The highest BCUT2D eigenvalue weighted by molar-refractivity contribution is 9.10. The molecule has 0 radical (unpaired) electrons. The van der Waals surface area contributed by atoms with Crippen molar-refractivity contribution in [3.8, 4) is 0 Å². The Bertz CT molecular complexity index is 568. The molecule has 0 aliphatic carbocycles. The van der Waals surface area contributed by atoms with Gasteiger partial charge in [-0.25, -0.2) is 0 Å². The van der Waals surface area contributed by atoms with Crippen molar-refractivity contribution in [1.82, 2.24) is 5.32 Å². The van der Waals surface area contributed by atoms with Gasteiger partial charge in [-0.3, -0.25) is 4.79 Å². The number of aliphatic hydroxyl groups excluding tert-OH is 1. The zero-order valence-corrected chi connectivity index (χ0v) is 12.1. The lowest BCUT2D eigenvalue weighted by Crippen LogP contribution is -2.30. The number of nitrogens with one attached hydrogen (secondary N) is 1. The summed E-state index contributed by atoms with van der Waals surface area (Å²) in [6.45, 7) is -0.202. The van der Waals surface area contributed by atoms with E-state index in [0.29, 0.717) is 15.3 Å². The molecule has 19 heavy (non-hydrogen) atoms. The van der Waals surface area contributed by atoms with Crippen molar-refractivity contribution in [3.05, 3.63) is 57.4 Å². The molecule has 1 unspecified atom stereocenters. The lowest BCUT2D eigenvalue weighted by Gasteiger charge is -2.16. The Balaban J connectivity index is 2.11. The minimum atomic E-state index is -0.488. The summed E-state index contributed by atoms with van der Waals surface area (Å²) in [6, 6.07) is 8.01. The predicted molar refractivity (Wildman–Crippen MR) is 75.2 cm³/mol. The first-order valence-corrected chi connectivity index (χ1v) is 6.68. The van der Waals surface area contributed by atoms with Gasteiger partial charge in [-0.1, -0.05) is 23.7 Å². The summed E-state index contributed by atoms with van der Waals surface area (Å²) in [6.07, 6.45) is 1.34. The highest BCUT2D eigenvalue weighted by Gasteiger charge is 2.16. The number of halogens is 2. The van der Waals surface area contributed by atoms with Crippen LogP contribution in [0.15, 0.2) is 45.7 Å². The molecule has 0 saturated heterocycles. The molecule has 4 nitrogen and oxygen atoms in total. The first-order chi connectivity index (χ1) is 9.10. The second-order valence-electron chi connectivity index (χ2n) is 3.90. The molecule has 0 aliphatic rings. The summed E-state index contributed by atoms with van der Waals surface area (Å²) in [4.78, 5) is 11.9. The zero-order chi connectivity index (χ0) is 13.8. The first-order valence-electron chi connectivity index (χ1n) is 5.51. The first kappa shape index (κ1) is 14.1. The molecule has 1 heterocycles. The number of aliphatic hydroxyl groups is 1. The predicted octanol–water partition coefficient (Wildman–Crippen LogP) is 3.16. The molecular weight excluding hydrogens is 334 g/mol. The van der Waals surface area contributed by atoms with Crippen LogP contribution in [0.1, 0.15) is 22.0 Å². The van der Waals surface area contributed by atoms with Crippen molar-refractivity contribution in [2.75, 3.05) is 6.61 Å². The number of benzene rings is 1. The minimum absolute atomic E-state index is 0.202. The fraction of sp³-hybridized carbons (Fsp3) is 0.154. The fourth-order valence-corrected chi connectivity index (χ4v) is 2.07. The van der Waals surface area contributed by atoms with Gasteiger partial charge in [0.15, 0.2) is 4.67 Å². The largest absolute Gasteiger partial charge is 0.457 e. The molecule has 0 saturated carbocycles. The van der Waals surface area contributed by atoms with E-state index in [2.05, 4.69) is 21.2 Å². The summed E-state index contributed by atoms with van der Waals surface area (Å²) in [7, 11) is 0. The summed E-state index contributed by atoms with van der Waals surface area (Å²) in [5, 5.41) is 12.7. The monoisotopic (exact) mass is 343 g/mol. The summed E-state index contributed by atoms with van der Waals surface area (Å²) in [5.74, 6) is -0.316. The van der Waals surface area contributed by atoms with E-state index in [1.165, 1.54) is 6.26 Å². The average Bonchev–Trinajstić information content (AvgIpc) is 2.84. The van der Waals surface area contributed by atoms with E-state index in [9.17, 15) is 9.90 Å². The van der Waals surface area contributed by atoms with E-state index < -0.39 is 6.04 Å². The zero-order valence-electron chi connectivity index (χ0n) is 9.77. The van der Waals surface area contributed by atoms with Gasteiger partial charge in [0.1, 0.15) is 6.26 Å². The average molecular weight is 345 g/mol. The standard InChI is InChI=1S/C13H11BrClNO3/c14-12-5-9(7-19-12)13(18)16-11(6-17)8-1-3-10(15)4-2-8/h1-5,7,11,17H,6H2,(H,16,18). The molecular formula is C13H11BrClNO3. The number of hydrogen-bond acceptors (Lipinski definition) is 3. The van der Waals surface area contributed by atoms with Gasteiger partial charge in [0, 0.05) is 11.1 Å². The number of furan rings is 1. The maximum Gasteiger partial charge on any atom is 0.255 e. The normalized spacial score (nSPS) is 12.2. The van der Waals surface area contributed by atoms with Crippen molar-refractivity contribution >= 4 is 33.4 Å². The Kier molecular flexibility index (Phi) is 4.63. The summed E-state index contributed by atoms with van der Waals surface area (Å²) < 4.78 is 5.47. The third kappa shape index (κ3) is 3.59. The van der Waals surface area contributed by atoms with Gasteiger partial charge in [-0.05, 0) is 33.6 Å². The maximum atomic E-state index is 11.9. The van der Waals surface area contributed by atoms with E-state index >= 15 is 0 Å². The van der Waals surface area contributed by atoms with Crippen molar-refractivity contribution in [1.29, 1.82) is 0 Å². The van der Waals surface area contributed by atoms with E-state index in [4.69, 9.17) is 16.0 Å². The molecule has 2 rings (SSSR count). The summed E-state index contributed by atoms with van der Waals surface area (Å²) in [5.41, 5.74) is 1.17. The fourth-order valence-electron chi connectivity index (χ4n) is 1.60. The molecule has 100 valence electrons. The molecule has 2 N–H and O–H groups in total. The van der Waals surface area contributed by atoms with Crippen LogP contribution in [0.4, 0.5) is 0 Å². The molecule has 0 bridgehead atoms. The lowest BCUT2D eigenvalue weighted by atomic mass is 10.1. The van der Waals surface area contributed by atoms with Crippen LogP contribution in [0, 0.1) is 0 Å². The Morgan fingerprint density at radius 1 is 1.42 bits per heavy atom. The van der Waals surface area contributed by atoms with Crippen molar-refractivity contribution in [2.45, 2.75) is 6.04 Å². The highest BCUT2D eigenvalue weighted by Crippen LogP contribution is 2.18. The van der Waals surface area contributed by atoms with Gasteiger partial charge < -0.3 is 14.8 Å². The SMILES string of the molecule is O=C(NC(CO)c1ccc(Cl)cc1)c1coc(Br)c1. The van der Waals surface area contributed by atoms with Crippen LogP contribution in [0.5, 0.6) is 0 Å². The minimum Gasteiger partial charge on any atom is -0.457 e. The Morgan fingerprint density at radius 3 is 2.63 bits per heavy atom. The Labute approximate surface area is 123 Å². The molecule has 0 spiro atoms. The van der Waals surface area contributed by atoms with Crippen molar-refractivity contribution in [3.63, 3.8) is 0 Å².